The van der Waals surface area contributed by atoms with Gasteiger partial charge in [0.15, 0.2) is 0 Å². The molecule has 20 heavy (non-hydrogen) atoms. The van der Waals surface area contributed by atoms with Crippen molar-refractivity contribution >= 4 is 11.6 Å². The second-order valence-corrected chi connectivity index (χ2v) is 5.30. The van der Waals surface area contributed by atoms with Gasteiger partial charge < -0.3 is 5.32 Å². The molecule has 1 N–H and O–H groups in total. The Morgan fingerprint density at radius 2 is 1.95 bits per heavy atom. The average molecular weight is 292 g/mol. The maximum absolute atomic E-state index is 14.0. The Bertz CT molecular complexity index is 556. The van der Waals surface area contributed by atoms with Crippen molar-refractivity contribution in [3.05, 3.63) is 70.5 Å². The normalized spacial score (nSPS) is 12.3. The molecule has 1 atom stereocenters. The molecule has 0 amide bonds. The highest BCUT2D eigenvalue weighted by Gasteiger charge is 2.15. The van der Waals surface area contributed by atoms with Gasteiger partial charge in [-0.15, -0.1) is 0 Å². The van der Waals surface area contributed by atoms with Gasteiger partial charge in [0.05, 0.1) is 0 Å². The predicted molar refractivity (Wildman–Crippen MR) is 82.6 cm³/mol. The summed E-state index contributed by atoms with van der Waals surface area (Å²) in [5.74, 6) is -0.164. The molecule has 0 spiro atoms. The molecule has 2 aromatic carbocycles. The van der Waals surface area contributed by atoms with Gasteiger partial charge in [0.1, 0.15) is 5.82 Å². The smallest absolute Gasteiger partial charge is 0.127 e. The number of benzene rings is 2. The first-order valence-corrected chi connectivity index (χ1v) is 7.30. The minimum Gasteiger partial charge on any atom is -0.310 e. The van der Waals surface area contributed by atoms with Crippen LogP contribution in [0.5, 0.6) is 0 Å². The highest BCUT2D eigenvalue weighted by Crippen LogP contribution is 2.22. The Hall–Kier alpha value is -1.38. The van der Waals surface area contributed by atoms with Crippen LogP contribution < -0.4 is 5.32 Å². The van der Waals surface area contributed by atoms with Gasteiger partial charge in [0.25, 0.3) is 0 Å². The van der Waals surface area contributed by atoms with Crippen molar-refractivity contribution in [2.45, 2.75) is 25.8 Å². The summed E-state index contributed by atoms with van der Waals surface area (Å²) in [5, 5.41) is 4.12. The summed E-state index contributed by atoms with van der Waals surface area (Å²) >= 11 is 6.02. The average Bonchev–Trinajstić information content (AvgIpc) is 2.44. The van der Waals surface area contributed by atoms with E-state index in [2.05, 4.69) is 12.2 Å². The lowest BCUT2D eigenvalue weighted by Crippen LogP contribution is -2.25. The van der Waals surface area contributed by atoms with Crippen LogP contribution in [0.25, 0.3) is 0 Å². The van der Waals surface area contributed by atoms with Gasteiger partial charge in [-0.25, -0.2) is 4.39 Å². The Balaban J connectivity index is 2.22. The van der Waals surface area contributed by atoms with Crippen molar-refractivity contribution in [1.82, 2.24) is 5.32 Å². The van der Waals surface area contributed by atoms with Crippen molar-refractivity contribution in [3.8, 4) is 0 Å². The molecule has 0 fully saturated rings. The van der Waals surface area contributed by atoms with E-state index in [4.69, 9.17) is 11.6 Å². The SMILES string of the molecule is CCCNC(Cc1cccc(Cl)c1)c1ccccc1F. The van der Waals surface area contributed by atoms with Gasteiger partial charge in [-0.3, -0.25) is 0 Å². The molecule has 0 aliphatic carbocycles. The van der Waals surface area contributed by atoms with Gasteiger partial charge in [0, 0.05) is 16.6 Å². The van der Waals surface area contributed by atoms with Crippen LogP contribution in [-0.2, 0) is 6.42 Å². The highest BCUT2D eigenvalue weighted by molar-refractivity contribution is 6.30. The van der Waals surface area contributed by atoms with Crippen LogP contribution in [0.3, 0.4) is 0 Å². The number of nitrogens with one attached hydrogen (secondary N) is 1. The molecule has 0 heterocycles. The minimum absolute atomic E-state index is 0.0328. The van der Waals surface area contributed by atoms with Crippen LogP contribution in [0.1, 0.15) is 30.5 Å². The molecule has 0 aliphatic heterocycles. The van der Waals surface area contributed by atoms with Crippen molar-refractivity contribution < 1.29 is 4.39 Å². The molecular weight excluding hydrogens is 273 g/mol. The number of hydrogen-bond acceptors (Lipinski definition) is 1. The molecule has 0 bridgehead atoms. The van der Waals surface area contributed by atoms with Gasteiger partial charge in [-0.05, 0) is 43.1 Å². The number of rotatable bonds is 6. The zero-order valence-corrected chi connectivity index (χ0v) is 12.3. The Morgan fingerprint density at radius 1 is 1.15 bits per heavy atom. The molecule has 2 aromatic rings. The molecule has 1 nitrogen and oxygen atoms in total. The van der Waals surface area contributed by atoms with E-state index in [1.807, 2.05) is 36.4 Å². The van der Waals surface area contributed by atoms with E-state index in [9.17, 15) is 4.39 Å². The van der Waals surface area contributed by atoms with Crippen molar-refractivity contribution in [2.24, 2.45) is 0 Å². The van der Waals surface area contributed by atoms with Gasteiger partial charge in [-0.1, -0.05) is 48.9 Å². The van der Waals surface area contributed by atoms with Crippen molar-refractivity contribution in [2.75, 3.05) is 6.54 Å². The summed E-state index contributed by atoms with van der Waals surface area (Å²) in [6.07, 6.45) is 1.74. The van der Waals surface area contributed by atoms with Crippen molar-refractivity contribution in [1.29, 1.82) is 0 Å². The maximum Gasteiger partial charge on any atom is 0.127 e. The third-order valence-corrected chi connectivity index (χ3v) is 3.49. The van der Waals surface area contributed by atoms with E-state index >= 15 is 0 Å². The van der Waals surface area contributed by atoms with E-state index in [-0.39, 0.29) is 11.9 Å². The second kappa shape index (κ2) is 7.41. The molecule has 0 radical (unpaired) electrons. The molecule has 2 rings (SSSR count). The largest absolute Gasteiger partial charge is 0.310 e. The lowest BCUT2D eigenvalue weighted by atomic mass is 9.98. The lowest BCUT2D eigenvalue weighted by molar-refractivity contribution is 0.497. The quantitative estimate of drug-likeness (QED) is 0.809. The van der Waals surface area contributed by atoms with Crippen LogP contribution in [-0.4, -0.2) is 6.54 Å². The zero-order chi connectivity index (χ0) is 14.4. The Labute approximate surface area is 124 Å². The summed E-state index contributed by atoms with van der Waals surface area (Å²) in [6, 6.07) is 14.6. The first-order chi connectivity index (χ1) is 9.70. The van der Waals surface area contributed by atoms with Crippen LogP contribution in [0.4, 0.5) is 4.39 Å². The first kappa shape index (κ1) is 15.0. The lowest BCUT2D eigenvalue weighted by Gasteiger charge is -2.20. The van der Waals surface area contributed by atoms with E-state index in [1.54, 1.807) is 6.07 Å². The molecule has 0 saturated heterocycles. The summed E-state index contributed by atoms with van der Waals surface area (Å²) in [6.45, 7) is 2.96. The van der Waals surface area contributed by atoms with Crippen LogP contribution in [0.15, 0.2) is 48.5 Å². The summed E-state index contributed by atoms with van der Waals surface area (Å²) in [5.41, 5.74) is 1.82. The maximum atomic E-state index is 14.0. The second-order valence-electron chi connectivity index (χ2n) is 4.86. The van der Waals surface area contributed by atoms with Crippen LogP contribution in [0, 0.1) is 5.82 Å². The molecule has 0 aromatic heterocycles. The molecule has 106 valence electrons. The molecule has 0 aliphatic rings. The van der Waals surface area contributed by atoms with E-state index in [0.29, 0.717) is 10.6 Å². The third kappa shape index (κ3) is 4.06. The zero-order valence-electron chi connectivity index (χ0n) is 11.6. The molecule has 1 unspecified atom stereocenters. The van der Waals surface area contributed by atoms with E-state index in [0.717, 1.165) is 24.9 Å². The van der Waals surface area contributed by atoms with E-state index < -0.39 is 0 Å². The van der Waals surface area contributed by atoms with Gasteiger partial charge in [-0.2, -0.15) is 0 Å². The minimum atomic E-state index is -0.164. The Kier molecular flexibility index (Phi) is 5.57. The monoisotopic (exact) mass is 291 g/mol. The van der Waals surface area contributed by atoms with Gasteiger partial charge in [0.2, 0.25) is 0 Å². The van der Waals surface area contributed by atoms with E-state index in [1.165, 1.54) is 6.07 Å². The molecular formula is C17H19ClFN. The third-order valence-electron chi connectivity index (χ3n) is 3.25. The Morgan fingerprint density at radius 3 is 2.65 bits per heavy atom. The fourth-order valence-electron chi connectivity index (χ4n) is 2.27. The topological polar surface area (TPSA) is 12.0 Å². The number of halogens is 2. The summed E-state index contributed by atoms with van der Waals surface area (Å²) in [7, 11) is 0. The van der Waals surface area contributed by atoms with Crippen LogP contribution in [0.2, 0.25) is 5.02 Å². The van der Waals surface area contributed by atoms with Crippen LogP contribution >= 0.6 is 11.6 Å². The predicted octanol–water partition coefficient (Wildman–Crippen LogP) is 4.76. The van der Waals surface area contributed by atoms with Crippen molar-refractivity contribution in [3.63, 3.8) is 0 Å². The fraction of sp³-hybridized carbons (Fsp3) is 0.294. The molecule has 0 saturated carbocycles. The number of hydrogen-bond donors (Lipinski definition) is 1. The molecule has 3 heteroatoms. The summed E-state index contributed by atoms with van der Waals surface area (Å²) < 4.78 is 14.0. The fourth-order valence-corrected chi connectivity index (χ4v) is 2.48. The van der Waals surface area contributed by atoms with Gasteiger partial charge >= 0.3 is 0 Å². The standard InChI is InChI=1S/C17H19ClFN/c1-2-10-20-17(15-8-3-4-9-16(15)19)12-13-6-5-7-14(18)11-13/h3-9,11,17,20H,2,10,12H2,1H3. The first-order valence-electron chi connectivity index (χ1n) is 6.93. The highest BCUT2D eigenvalue weighted by atomic mass is 35.5. The summed E-state index contributed by atoms with van der Waals surface area (Å²) in [4.78, 5) is 0.